The van der Waals surface area contributed by atoms with Crippen molar-refractivity contribution in [3.63, 3.8) is 0 Å². The number of para-hydroxylation sites is 1. The summed E-state index contributed by atoms with van der Waals surface area (Å²) in [6.45, 7) is 1.69. The molecule has 28 heavy (non-hydrogen) atoms. The Kier molecular flexibility index (Phi) is 6.29. The van der Waals surface area contributed by atoms with E-state index in [0.29, 0.717) is 6.10 Å². The van der Waals surface area contributed by atoms with E-state index in [1.807, 2.05) is 30.3 Å². The molecule has 3 aromatic rings. The molecule has 1 fully saturated rings. The number of aryl methyl sites for hydroxylation is 1. The molecule has 0 bridgehead atoms. The summed E-state index contributed by atoms with van der Waals surface area (Å²) in [5.74, 6) is 2.57. The van der Waals surface area contributed by atoms with E-state index in [4.69, 9.17) is 9.47 Å². The van der Waals surface area contributed by atoms with Crippen molar-refractivity contribution in [3.05, 3.63) is 60.2 Å². The molecule has 0 spiro atoms. The van der Waals surface area contributed by atoms with Gasteiger partial charge in [0.1, 0.15) is 5.75 Å². The fraction of sp³-hybridized carbons (Fsp3) is 0.364. The second-order valence-electron chi connectivity index (χ2n) is 6.84. The third-order valence-electron chi connectivity index (χ3n) is 4.95. The highest BCUT2D eigenvalue weighted by Gasteiger charge is 2.20. The Balaban J connectivity index is 1.61. The number of nitrogens with zero attached hydrogens (tertiary/aromatic N) is 3. The van der Waals surface area contributed by atoms with Gasteiger partial charge in [-0.3, -0.25) is 0 Å². The van der Waals surface area contributed by atoms with Crippen molar-refractivity contribution >= 4 is 11.8 Å². The van der Waals surface area contributed by atoms with Gasteiger partial charge in [-0.2, -0.15) is 0 Å². The van der Waals surface area contributed by atoms with Gasteiger partial charge in [0.2, 0.25) is 0 Å². The molecule has 0 radical (unpaired) electrons. The van der Waals surface area contributed by atoms with E-state index in [9.17, 15) is 0 Å². The Morgan fingerprint density at radius 2 is 1.93 bits per heavy atom. The molecule has 1 atom stereocenters. The van der Waals surface area contributed by atoms with Crippen LogP contribution in [0, 0.1) is 0 Å². The molecule has 2 heterocycles. The van der Waals surface area contributed by atoms with Crippen molar-refractivity contribution < 1.29 is 9.47 Å². The van der Waals surface area contributed by atoms with Crippen molar-refractivity contribution in [3.8, 4) is 17.1 Å². The Bertz CT molecular complexity index is 892. The number of rotatable bonds is 8. The molecule has 5 nitrogen and oxygen atoms in total. The molecular formula is C22H25N3O2S. The van der Waals surface area contributed by atoms with Crippen LogP contribution in [-0.2, 0) is 17.7 Å². The molecule has 1 aliphatic rings. The van der Waals surface area contributed by atoms with Crippen LogP contribution in [0.25, 0.3) is 11.4 Å². The van der Waals surface area contributed by atoms with Crippen LogP contribution in [0.4, 0.5) is 0 Å². The fourth-order valence-electron chi connectivity index (χ4n) is 3.45. The monoisotopic (exact) mass is 395 g/mol. The number of aromatic nitrogens is 3. The molecule has 4 rings (SSSR count). The van der Waals surface area contributed by atoms with E-state index in [1.54, 1.807) is 18.9 Å². The van der Waals surface area contributed by atoms with Gasteiger partial charge in [0.05, 0.1) is 18.8 Å². The third kappa shape index (κ3) is 4.39. The normalized spacial score (nSPS) is 16.4. The van der Waals surface area contributed by atoms with Crippen molar-refractivity contribution in [1.82, 2.24) is 14.8 Å². The molecule has 0 aliphatic carbocycles. The molecule has 146 valence electrons. The van der Waals surface area contributed by atoms with Crippen LogP contribution >= 0.6 is 11.8 Å². The Labute approximate surface area is 170 Å². The smallest absolute Gasteiger partial charge is 0.191 e. The maximum absolute atomic E-state index is 5.77. The van der Waals surface area contributed by atoms with Gasteiger partial charge in [-0.15, -0.1) is 10.2 Å². The molecule has 6 heteroatoms. The highest BCUT2D eigenvalue weighted by Crippen LogP contribution is 2.32. The Hall–Kier alpha value is -2.31. The predicted octanol–water partition coefficient (Wildman–Crippen LogP) is 4.47. The zero-order valence-corrected chi connectivity index (χ0v) is 16.9. The minimum atomic E-state index is 0.319. The molecule has 1 saturated heterocycles. The topological polar surface area (TPSA) is 49.2 Å². The summed E-state index contributed by atoms with van der Waals surface area (Å²) in [5, 5.41) is 9.97. The van der Waals surface area contributed by atoms with Gasteiger partial charge in [0.15, 0.2) is 11.0 Å². The largest absolute Gasteiger partial charge is 0.496 e. The van der Waals surface area contributed by atoms with Gasteiger partial charge in [-0.25, -0.2) is 0 Å². The summed E-state index contributed by atoms with van der Waals surface area (Å²) in [7, 11) is 1.69. The molecular weight excluding hydrogens is 370 g/mol. The number of thioether (sulfide) groups is 1. The zero-order chi connectivity index (χ0) is 19.2. The maximum atomic E-state index is 5.77. The standard InChI is InChI=1S/C22H25N3O2S/c1-26-20-12-6-5-11-19(20)21-23-24-22(28-16-18-10-7-15-27-18)25(21)14-13-17-8-3-2-4-9-17/h2-6,8-9,11-12,18H,7,10,13-16H2,1H3. The van der Waals surface area contributed by atoms with Crippen LogP contribution in [0.3, 0.4) is 0 Å². The minimum Gasteiger partial charge on any atom is -0.496 e. The van der Waals surface area contributed by atoms with Crippen molar-refractivity contribution in [2.45, 2.75) is 37.1 Å². The SMILES string of the molecule is COc1ccccc1-c1nnc(SCC2CCCO2)n1CCc1ccccc1. The van der Waals surface area contributed by atoms with E-state index in [1.165, 1.54) is 5.56 Å². The fourth-order valence-corrected chi connectivity index (χ4v) is 4.48. The van der Waals surface area contributed by atoms with Gasteiger partial charge in [-0.1, -0.05) is 54.2 Å². The summed E-state index contributed by atoms with van der Waals surface area (Å²) in [6.07, 6.45) is 3.52. The van der Waals surface area contributed by atoms with Gasteiger partial charge >= 0.3 is 0 Å². The van der Waals surface area contributed by atoms with E-state index >= 15 is 0 Å². The first kappa shape index (κ1) is 19.0. The number of hydrogen-bond acceptors (Lipinski definition) is 5. The number of ether oxygens (including phenoxy) is 2. The summed E-state index contributed by atoms with van der Waals surface area (Å²) < 4.78 is 13.5. The van der Waals surface area contributed by atoms with Gasteiger partial charge in [0.25, 0.3) is 0 Å². The molecule has 0 amide bonds. The highest BCUT2D eigenvalue weighted by atomic mass is 32.2. The minimum absolute atomic E-state index is 0.319. The van der Waals surface area contributed by atoms with E-state index in [0.717, 1.165) is 60.5 Å². The second kappa shape index (κ2) is 9.26. The van der Waals surface area contributed by atoms with Gasteiger partial charge < -0.3 is 14.0 Å². The van der Waals surface area contributed by atoms with Crippen molar-refractivity contribution in [2.75, 3.05) is 19.5 Å². The quantitative estimate of drug-likeness (QED) is 0.527. The lowest BCUT2D eigenvalue weighted by Gasteiger charge is -2.13. The van der Waals surface area contributed by atoms with Crippen molar-refractivity contribution in [1.29, 1.82) is 0 Å². The van der Waals surface area contributed by atoms with Crippen LogP contribution in [0.1, 0.15) is 18.4 Å². The number of methoxy groups -OCH3 is 1. The number of benzene rings is 2. The third-order valence-corrected chi connectivity index (χ3v) is 6.05. The van der Waals surface area contributed by atoms with Gasteiger partial charge in [0, 0.05) is 18.9 Å². The second-order valence-corrected chi connectivity index (χ2v) is 7.83. The summed E-state index contributed by atoms with van der Waals surface area (Å²) in [4.78, 5) is 0. The number of hydrogen-bond donors (Lipinski definition) is 0. The van der Waals surface area contributed by atoms with Crippen LogP contribution in [0.2, 0.25) is 0 Å². The predicted molar refractivity (Wildman–Crippen MR) is 112 cm³/mol. The first-order chi connectivity index (χ1) is 13.8. The van der Waals surface area contributed by atoms with Crippen LogP contribution in [0.5, 0.6) is 5.75 Å². The average Bonchev–Trinajstić information content (AvgIpc) is 3.41. The molecule has 0 N–H and O–H groups in total. The Morgan fingerprint density at radius 1 is 1.11 bits per heavy atom. The molecule has 0 saturated carbocycles. The van der Waals surface area contributed by atoms with Crippen molar-refractivity contribution in [2.24, 2.45) is 0 Å². The highest BCUT2D eigenvalue weighted by molar-refractivity contribution is 7.99. The lowest BCUT2D eigenvalue weighted by Crippen LogP contribution is -2.10. The summed E-state index contributed by atoms with van der Waals surface area (Å²) in [6, 6.07) is 18.5. The average molecular weight is 396 g/mol. The Morgan fingerprint density at radius 3 is 2.71 bits per heavy atom. The van der Waals surface area contributed by atoms with Crippen LogP contribution in [-0.4, -0.2) is 40.3 Å². The summed E-state index contributed by atoms with van der Waals surface area (Å²) >= 11 is 1.73. The molecule has 1 aromatic heterocycles. The maximum Gasteiger partial charge on any atom is 0.191 e. The van der Waals surface area contributed by atoms with Gasteiger partial charge in [-0.05, 0) is 37.0 Å². The first-order valence-corrected chi connectivity index (χ1v) is 10.7. The first-order valence-electron chi connectivity index (χ1n) is 9.70. The zero-order valence-electron chi connectivity index (χ0n) is 16.1. The van der Waals surface area contributed by atoms with E-state index < -0.39 is 0 Å². The lowest BCUT2D eigenvalue weighted by atomic mass is 10.1. The lowest BCUT2D eigenvalue weighted by molar-refractivity contribution is 0.129. The molecule has 1 aliphatic heterocycles. The van der Waals surface area contributed by atoms with E-state index in [2.05, 4.69) is 39.0 Å². The van der Waals surface area contributed by atoms with E-state index in [-0.39, 0.29) is 0 Å². The molecule has 2 aromatic carbocycles. The molecule has 1 unspecified atom stereocenters. The van der Waals surface area contributed by atoms with Crippen LogP contribution in [0.15, 0.2) is 59.8 Å². The van der Waals surface area contributed by atoms with Crippen LogP contribution < -0.4 is 4.74 Å². The summed E-state index contributed by atoms with van der Waals surface area (Å²) in [5.41, 5.74) is 2.27.